The molecule has 3 aromatic rings. The van der Waals surface area contributed by atoms with Gasteiger partial charge in [-0.25, -0.2) is 4.98 Å². The molecule has 1 amide bonds. The van der Waals surface area contributed by atoms with E-state index >= 15 is 0 Å². The lowest BCUT2D eigenvalue weighted by Crippen LogP contribution is -2.48. The third-order valence-electron chi connectivity index (χ3n) is 6.44. The Bertz CT molecular complexity index is 1270. The van der Waals surface area contributed by atoms with Crippen molar-refractivity contribution in [2.24, 2.45) is 0 Å². The van der Waals surface area contributed by atoms with E-state index in [0.29, 0.717) is 31.6 Å². The lowest BCUT2D eigenvalue weighted by Gasteiger charge is -2.39. The summed E-state index contributed by atoms with van der Waals surface area (Å²) >= 11 is 0. The van der Waals surface area contributed by atoms with Crippen LogP contribution in [0.15, 0.2) is 41.5 Å². The van der Waals surface area contributed by atoms with Crippen molar-refractivity contribution >= 4 is 23.0 Å². The molecular formula is C23H27N5O8. The molecule has 0 spiro atoms. The number of methoxy groups -OCH3 is 1. The summed E-state index contributed by atoms with van der Waals surface area (Å²) in [5.41, 5.74) is -0.0827. The fraction of sp³-hybridized carbons (Fsp3) is 0.478. The average molecular weight is 501 g/mol. The Morgan fingerprint density at radius 3 is 2.75 bits per heavy atom. The Kier molecular flexibility index (Phi) is 6.83. The lowest BCUT2D eigenvalue weighted by molar-refractivity contribution is -0.292. The molecule has 0 saturated carbocycles. The first-order valence-corrected chi connectivity index (χ1v) is 11.5. The summed E-state index contributed by atoms with van der Waals surface area (Å²) < 4.78 is 24.7. The first-order chi connectivity index (χ1) is 17.4. The van der Waals surface area contributed by atoms with Crippen molar-refractivity contribution in [2.75, 3.05) is 32.2 Å². The number of H-pyrrole nitrogens is 1. The molecule has 2 saturated heterocycles. The molecule has 4 atom stereocenters. The van der Waals surface area contributed by atoms with Crippen LogP contribution in [-0.4, -0.2) is 86.7 Å². The number of benzene rings is 1. The Labute approximate surface area is 205 Å². The van der Waals surface area contributed by atoms with Crippen LogP contribution in [-0.2, 0) is 18.9 Å². The highest BCUT2D eigenvalue weighted by molar-refractivity contribution is 6.03. The van der Waals surface area contributed by atoms with E-state index in [0.717, 1.165) is 0 Å². The minimum absolute atomic E-state index is 0.00418. The molecule has 2 fully saturated rings. The van der Waals surface area contributed by atoms with Gasteiger partial charge in [0.15, 0.2) is 23.2 Å². The molecule has 4 heterocycles. The van der Waals surface area contributed by atoms with E-state index in [4.69, 9.17) is 18.9 Å². The summed E-state index contributed by atoms with van der Waals surface area (Å²) in [4.78, 5) is 36.3. The molecule has 1 aromatic carbocycles. The number of aromatic amines is 1. The molecule has 2 aliphatic rings. The molecule has 36 heavy (non-hydrogen) atoms. The van der Waals surface area contributed by atoms with E-state index in [1.165, 1.54) is 18.0 Å². The maximum absolute atomic E-state index is 12.7. The van der Waals surface area contributed by atoms with E-state index in [1.54, 1.807) is 30.3 Å². The van der Waals surface area contributed by atoms with Gasteiger partial charge in [-0.05, 0) is 12.1 Å². The van der Waals surface area contributed by atoms with E-state index in [-0.39, 0.29) is 17.1 Å². The number of anilines is 1. The molecule has 0 aliphatic carbocycles. The Morgan fingerprint density at radius 1 is 1.31 bits per heavy atom. The number of aromatic nitrogens is 4. The van der Waals surface area contributed by atoms with Gasteiger partial charge in [-0.1, -0.05) is 18.2 Å². The van der Waals surface area contributed by atoms with Crippen LogP contribution in [0.4, 0.5) is 5.95 Å². The number of imidazole rings is 1. The van der Waals surface area contributed by atoms with E-state index in [2.05, 4.69) is 20.3 Å². The highest BCUT2D eigenvalue weighted by atomic mass is 16.7. The average Bonchev–Trinajstić information content (AvgIpc) is 3.46. The van der Waals surface area contributed by atoms with Crippen LogP contribution in [0.1, 0.15) is 29.4 Å². The number of carbonyl (C=O) groups excluding carboxylic acids is 1. The van der Waals surface area contributed by atoms with Crippen molar-refractivity contribution in [1.29, 1.82) is 0 Å². The normalized spacial score (nSPS) is 25.8. The summed E-state index contributed by atoms with van der Waals surface area (Å²) in [6, 6.07) is 8.47. The van der Waals surface area contributed by atoms with Crippen molar-refractivity contribution in [2.45, 2.75) is 43.2 Å². The van der Waals surface area contributed by atoms with Crippen molar-refractivity contribution in [3.63, 3.8) is 0 Å². The van der Waals surface area contributed by atoms with Crippen molar-refractivity contribution in [3.05, 3.63) is 52.6 Å². The fourth-order valence-corrected chi connectivity index (χ4v) is 4.46. The predicted octanol–water partition coefficient (Wildman–Crippen LogP) is 0.161. The van der Waals surface area contributed by atoms with E-state index < -0.39 is 48.4 Å². The molecule has 0 unspecified atom stereocenters. The molecule has 5 rings (SSSR count). The topological polar surface area (TPSA) is 170 Å². The Balaban J connectivity index is 1.49. The van der Waals surface area contributed by atoms with Crippen LogP contribution >= 0.6 is 0 Å². The summed E-state index contributed by atoms with van der Waals surface area (Å²) in [6.45, 7) is 0.377. The van der Waals surface area contributed by atoms with Crippen molar-refractivity contribution in [1.82, 2.24) is 19.5 Å². The van der Waals surface area contributed by atoms with Crippen LogP contribution in [0.25, 0.3) is 11.2 Å². The smallest absolute Gasteiger partial charge is 0.280 e. The number of hydrogen-bond donors (Lipinski definition) is 4. The zero-order valence-corrected chi connectivity index (χ0v) is 19.5. The van der Waals surface area contributed by atoms with E-state index in [9.17, 15) is 19.8 Å². The Morgan fingerprint density at radius 2 is 2.06 bits per heavy atom. The zero-order valence-electron chi connectivity index (χ0n) is 19.5. The summed E-state index contributed by atoms with van der Waals surface area (Å²) in [5.74, 6) is -1.57. The fourth-order valence-electron chi connectivity index (χ4n) is 4.46. The van der Waals surface area contributed by atoms with Crippen molar-refractivity contribution < 1.29 is 34.0 Å². The van der Waals surface area contributed by atoms with Gasteiger partial charge in [0.05, 0.1) is 26.1 Å². The van der Waals surface area contributed by atoms with Gasteiger partial charge in [-0.15, -0.1) is 0 Å². The SMILES string of the molecule is COC1(O[C@@H]2[C@H](O)[C@@H](CO)O[C@H]2n2cnc3c(=O)[nH]c(NC(=O)c4ccccc4)nc32)CCOCC1. The summed E-state index contributed by atoms with van der Waals surface area (Å²) in [7, 11) is 1.52. The van der Waals surface area contributed by atoms with E-state index in [1.807, 2.05) is 0 Å². The van der Waals surface area contributed by atoms with Gasteiger partial charge in [0.1, 0.15) is 18.3 Å². The summed E-state index contributed by atoms with van der Waals surface area (Å²) in [5, 5.41) is 23.3. The highest BCUT2D eigenvalue weighted by Gasteiger charge is 2.50. The van der Waals surface area contributed by atoms with Gasteiger partial charge in [-0.2, -0.15) is 4.98 Å². The lowest BCUT2D eigenvalue weighted by atomic mass is 10.1. The number of carbonyl (C=O) groups is 1. The molecule has 0 radical (unpaired) electrons. The van der Waals surface area contributed by atoms with Gasteiger partial charge in [0.25, 0.3) is 11.5 Å². The molecule has 192 valence electrons. The number of fused-ring (bicyclic) bond motifs is 1. The van der Waals surface area contributed by atoms with Crippen LogP contribution in [0.3, 0.4) is 0 Å². The van der Waals surface area contributed by atoms with Gasteiger partial charge >= 0.3 is 0 Å². The first-order valence-electron chi connectivity index (χ1n) is 11.5. The van der Waals surface area contributed by atoms with Gasteiger partial charge < -0.3 is 29.2 Å². The number of amides is 1. The number of hydrogen-bond acceptors (Lipinski definition) is 10. The number of ether oxygens (including phenoxy) is 4. The maximum Gasteiger partial charge on any atom is 0.280 e. The molecule has 13 nitrogen and oxygen atoms in total. The van der Waals surface area contributed by atoms with Crippen LogP contribution in [0.5, 0.6) is 0 Å². The number of nitrogens with zero attached hydrogens (tertiary/aromatic N) is 3. The van der Waals surface area contributed by atoms with Crippen molar-refractivity contribution in [3.8, 4) is 0 Å². The van der Waals surface area contributed by atoms with Crippen LogP contribution < -0.4 is 10.9 Å². The largest absolute Gasteiger partial charge is 0.394 e. The molecule has 2 aliphatic heterocycles. The minimum atomic E-state index is -1.20. The quantitative estimate of drug-likeness (QED) is 0.327. The van der Waals surface area contributed by atoms with Crippen LogP contribution in [0, 0.1) is 0 Å². The predicted molar refractivity (Wildman–Crippen MR) is 124 cm³/mol. The molecule has 13 heteroatoms. The number of rotatable bonds is 7. The zero-order chi connectivity index (χ0) is 25.3. The first kappa shape index (κ1) is 24.5. The summed E-state index contributed by atoms with van der Waals surface area (Å²) in [6.07, 6.45) is -1.93. The van der Waals surface area contributed by atoms with Crippen LogP contribution in [0.2, 0.25) is 0 Å². The minimum Gasteiger partial charge on any atom is -0.394 e. The molecular weight excluding hydrogens is 474 g/mol. The number of aliphatic hydroxyl groups excluding tert-OH is 2. The third kappa shape index (κ3) is 4.52. The Hall–Kier alpha value is -3.20. The number of aliphatic hydroxyl groups is 2. The second-order valence-corrected chi connectivity index (χ2v) is 8.61. The highest BCUT2D eigenvalue weighted by Crippen LogP contribution is 2.38. The third-order valence-corrected chi connectivity index (χ3v) is 6.44. The van der Waals surface area contributed by atoms with Gasteiger partial charge in [-0.3, -0.25) is 24.5 Å². The molecule has 2 aromatic heterocycles. The monoisotopic (exact) mass is 501 g/mol. The molecule has 4 N–H and O–H groups in total. The molecule has 0 bridgehead atoms. The maximum atomic E-state index is 12.7. The van der Waals surface area contributed by atoms with Gasteiger partial charge in [0.2, 0.25) is 5.95 Å². The standard InChI is InChI=1S/C23H27N5O8/c1-33-23(7-9-34-10-8-23)36-17-16(30)14(11-29)35-21(17)28-12-24-15-18(28)25-22(27-20(15)32)26-19(31)13-5-3-2-4-6-13/h2-6,12,14,16-17,21,29-30H,7-11H2,1H3,(H2,25,26,27,31,32)/t14-,16-,17-,21-/m1/s1. The number of nitrogens with one attached hydrogen (secondary N) is 2. The second-order valence-electron chi connectivity index (χ2n) is 8.61. The van der Waals surface area contributed by atoms with Gasteiger partial charge in [0, 0.05) is 25.5 Å². The second kappa shape index (κ2) is 10.0.